The third kappa shape index (κ3) is 4.59. The number of aromatic amines is 1. The van der Waals surface area contributed by atoms with Crippen molar-refractivity contribution in [1.29, 1.82) is 0 Å². The number of piperidine rings is 1. The summed E-state index contributed by atoms with van der Waals surface area (Å²) in [7, 11) is 0. The van der Waals surface area contributed by atoms with Gasteiger partial charge in [-0.15, -0.1) is 0 Å². The Morgan fingerprint density at radius 1 is 1.28 bits per heavy atom. The number of alkyl halides is 1. The van der Waals surface area contributed by atoms with E-state index in [4.69, 9.17) is 9.47 Å². The molecule has 190 valence electrons. The van der Waals surface area contributed by atoms with E-state index in [2.05, 4.69) is 30.0 Å². The lowest BCUT2D eigenvalue weighted by molar-refractivity contribution is -0.00832. The number of anilines is 1. The molecule has 6 rings (SSSR count). The molecule has 1 amide bonds. The summed E-state index contributed by atoms with van der Waals surface area (Å²) < 4.78 is 25.6. The number of hydrogen-bond acceptors (Lipinski definition) is 8. The largest absolute Gasteiger partial charge is 0.461 e. The highest BCUT2D eigenvalue weighted by atomic mass is 19.1. The van der Waals surface area contributed by atoms with Crippen LogP contribution in [-0.4, -0.2) is 87.1 Å². The van der Waals surface area contributed by atoms with Crippen molar-refractivity contribution in [2.75, 3.05) is 44.3 Å². The number of ether oxygens (including phenoxy) is 2. The summed E-state index contributed by atoms with van der Waals surface area (Å²) >= 11 is 0. The zero-order chi connectivity index (χ0) is 24.7. The van der Waals surface area contributed by atoms with Gasteiger partial charge in [0.25, 0.3) is 5.91 Å². The number of likely N-dealkylation sites (tertiary alicyclic amines) is 1. The number of fused-ring (bicyclic) bond motifs is 1. The Morgan fingerprint density at radius 3 is 2.86 bits per heavy atom. The summed E-state index contributed by atoms with van der Waals surface area (Å²) in [6.45, 7) is 4.20. The van der Waals surface area contributed by atoms with Gasteiger partial charge in [0.2, 0.25) is 0 Å². The van der Waals surface area contributed by atoms with Crippen molar-refractivity contribution in [2.24, 2.45) is 0 Å². The van der Waals surface area contributed by atoms with Crippen LogP contribution in [0.3, 0.4) is 0 Å². The first-order valence-corrected chi connectivity index (χ1v) is 12.6. The molecule has 0 unspecified atom stereocenters. The van der Waals surface area contributed by atoms with Gasteiger partial charge in [-0.1, -0.05) is 0 Å². The first-order chi connectivity index (χ1) is 17.4. The molecule has 0 radical (unpaired) electrons. The van der Waals surface area contributed by atoms with Crippen molar-refractivity contribution in [2.45, 2.75) is 50.3 Å². The maximum atomic E-state index is 14.0. The Hall–Kier alpha value is -3.34. The maximum Gasteiger partial charge on any atom is 0.319 e. The minimum atomic E-state index is -1.35. The van der Waals surface area contributed by atoms with Crippen LogP contribution in [0, 0.1) is 0 Å². The van der Waals surface area contributed by atoms with Gasteiger partial charge in [-0.2, -0.15) is 15.1 Å². The first kappa shape index (κ1) is 23.1. The summed E-state index contributed by atoms with van der Waals surface area (Å²) in [5.74, 6) is 0.646. The lowest BCUT2D eigenvalue weighted by atomic mass is 9.92. The highest BCUT2D eigenvalue weighted by molar-refractivity contribution is 5.94. The molecule has 0 aliphatic carbocycles. The molecule has 6 heterocycles. The maximum absolute atomic E-state index is 14.0. The molecule has 0 spiro atoms. The summed E-state index contributed by atoms with van der Waals surface area (Å²) in [5.41, 5.74) is 0.726. The molecule has 3 fully saturated rings. The van der Waals surface area contributed by atoms with Gasteiger partial charge in [0.05, 0.1) is 24.9 Å². The third-order valence-electron chi connectivity index (χ3n) is 7.23. The Morgan fingerprint density at radius 2 is 2.11 bits per heavy atom. The van der Waals surface area contributed by atoms with Crippen molar-refractivity contribution >= 4 is 22.8 Å². The van der Waals surface area contributed by atoms with E-state index < -0.39 is 5.67 Å². The monoisotopic (exact) mass is 495 g/mol. The SMILES string of the molecule is CC1(F)CN(C(=O)c2cc(N3CCC(c4n[nH]c5ncccc45)CC3)nc(OC[C@H]3CCCO3)n2)C1. The summed E-state index contributed by atoms with van der Waals surface area (Å²) in [4.78, 5) is 30.0. The number of nitrogens with zero attached hydrogens (tertiary/aromatic N) is 6. The number of nitrogens with one attached hydrogen (secondary N) is 1. The molecule has 3 aliphatic heterocycles. The van der Waals surface area contributed by atoms with Crippen LogP contribution in [-0.2, 0) is 4.74 Å². The van der Waals surface area contributed by atoms with Gasteiger partial charge in [0.1, 0.15) is 23.8 Å². The standard InChI is InChI=1S/C25H30FN7O3/c1-25(26)14-33(15-25)23(34)19-12-20(29-24(28-19)36-13-17-4-3-11-35-17)32-9-6-16(7-10-32)21-18-5-2-8-27-22(18)31-30-21/h2,5,8,12,16-17H,3-4,6-7,9-11,13-15H2,1H3,(H,27,30,31)/t17-/m1/s1. The Labute approximate surface area is 208 Å². The molecule has 1 N–H and O–H groups in total. The molecule has 3 saturated heterocycles. The van der Waals surface area contributed by atoms with Crippen LogP contribution < -0.4 is 9.64 Å². The number of amides is 1. The normalized spacial score (nSPS) is 22.1. The molecule has 0 aromatic carbocycles. The molecular weight excluding hydrogens is 465 g/mol. The number of rotatable bonds is 6. The van der Waals surface area contributed by atoms with Crippen molar-refractivity contribution < 1.29 is 18.7 Å². The highest BCUT2D eigenvalue weighted by Crippen LogP contribution is 2.33. The van der Waals surface area contributed by atoms with Gasteiger partial charge in [0.15, 0.2) is 5.65 Å². The third-order valence-corrected chi connectivity index (χ3v) is 7.23. The van der Waals surface area contributed by atoms with Gasteiger partial charge in [-0.25, -0.2) is 9.37 Å². The fourth-order valence-corrected chi connectivity index (χ4v) is 5.32. The van der Waals surface area contributed by atoms with Crippen molar-refractivity contribution in [3.05, 3.63) is 35.8 Å². The van der Waals surface area contributed by atoms with E-state index >= 15 is 0 Å². The number of pyridine rings is 1. The van der Waals surface area contributed by atoms with E-state index in [1.165, 1.54) is 11.8 Å². The Bertz CT molecular complexity index is 1240. The first-order valence-electron chi connectivity index (χ1n) is 12.6. The molecule has 3 aromatic rings. The number of hydrogen-bond donors (Lipinski definition) is 1. The zero-order valence-electron chi connectivity index (χ0n) is 20.3. The number of aromatic nitrogens is 5. The predicted octanol–water partition coefficient (Wildman–Crippen LogP) is 2.87. The average molecular weight is 496 g/mol. The number of carbonyl (C=O) groups excluding carboxylic acids is 1. The second kappa shape index (κ2) is 9.27. The molecule has 36 heavy (non-hydrogen) atoms. The van der Waals surface area contributed by atoms with Crippen LogP contribution in [0.1, 0.15) is 54.7 Å². The average Bonchev–Trinajstić information content (AvgIpc) is 3.56. The lowest BCUT2D eigenvalue weighted by Crippen LogP contribution is -2.59. The molecule has 3 aromatic heterocycles. The van der Waals surface area contributed by atoms with E-state index in [1.54, 1.807) is 12.3 Å². The molecule has 11 heteroatoms. The van der Waals surface area contributed by atoms with Crippen LogP contribution in [0.4, 0.5) is 10.2 Å². The summed E-state index contributed by atoms with van der Waals surface area (Å²) in [6, 6.07) is 5.83. The predicted molar refractivity (Wildman–Crippen MR) is 130 cm³/mol. The molecule has 0 bridgehead atoms. The smallest absolute Gasteiger partial charge is 0.319 e. The van der Waals surface area contributed by atoms with E-state index in [9.17, 15) is 9.18 Å². The Balaban J connectivity index is 1.19. The second-order valence-electron chi connectivity index (χ2n) is 10.2. The molecular formula is C25H30FN7O3. The Kier molecular flexibility index (Phi) is 5.94. The van der Waals surface area contributed by atoms with Gasteiger partial charge >= 0.3 is 6.01 Å². The van der Waals surface area contributed by atoms with Crippen LogP contribution in [0.2, 0.25) is 0 Å². The summed E-state index contributed by atoms with van der Waals surface area (Å²) in [6.07, 6.45) is 5.48. The van der Waals surface area contributed by atoms with Crippen molar-refractivity contribution in [3.8, 4) is 6.01 Å². The van der Waals surface area contributed by atoms with Crippen LogP contribution in [0.15, 0.2) is 24.4 Å². The van der Waals surface area contributed by atoms with Crippen molar-refractivity contribution in [3.63, 3.8) is 0 Å². The van der Waals surface area contributed by atoms with E-state index in [0.717, 1.165) is 62.1 Å². The fraction of sp³-hybridized carbons (Fsp3) is 0.560. The van der Waals surface area contributed by atoms with Crippen LogP contribution >= 0.6 is 0 Å². The molecule has 10 nitrogen and oxygen atoms in total. The van der Waals surface area contributed by atoms with Crippen LogP contribution in [0.5, 0.6) is 6.01 Å². The fourth-order valence-electron chi connectivity index (χ4n) is 5.32. The summed E-state index contributed by atoms with van der Waals surface area (Å²) in [5, 5.41) is 8.62. The minimum absolute atomic E-state index is 0.00735. The van der Waals surface area contributed by atoms with Gasteiger partial charge in [-0.05, 0) is 44.7 Å². The molecule has 0 saturated carbocycles. The minimum Gasteiger partial charge on any atom is -0.461 e. The molecule has 1 atom stereocenters. The number of carbonyl (C=O) groups is 1. The van der Waals surface area contributed by atoms with Gasteiger partial charge in [-0.3, -0.25) is 9.89 Å². The van der Waals surface area contributed by atoms with Gasteiger partial charge in [0, 0.05) is 43.3 Å². The van der Waals surface area contributed by atoms with E-state index in [-0.39, 0.29) is 36.8 Å². The second-order valence-corrected chi connectivity index (χ2v) is 10.2. The van der Waals surface area contributed by atoms with Gasteiger partial charge < -0.3 is 19.3 Å². The molecule has 3 aliphatic rings. The number of H-pyrrole nitrogens is 1. The zero-order valence-corrected chi connectivity index (χ0v) is 20.3. The quantitative estimate of drug-likeness (QED) is 0.556. The topological polar surface area (TPSA) is 109 Å². The van der Waals surface area contributed by atoms with Crippen LogP contribution in [0.25, 0.3) is 11.0 Å². The number of halogens is 1. The lowest BCUT2D eigenvalue weighted by Gasteiger charge is -2.42. The van der Waals surface area contributed by atoms with E-state index in [1.807, 2.05) is 12.1 Å². The van der Waals surface area contributed by atoms with E-state index in [0.29, 0.717) is 18.3 Å². The highest BCUT2D eigenvalue weighted by Gasteiger charge is 2.42. The van der Waals surface area contributed by atoms with Crippen molar-refractivity contribution in [1.82, 2.24) is 30.0 Å².